The molecule has 6 aromatic carbocycles. The predicted octanol–water partition coefficient (Wildman–Crippen LogP) is 2.75. The minimum absolute atomic E-state index is 0. The van der Waals surface area contributed by atoms with Gasteiger partial charge in [-0.05, 0) is 119 Å². The average molecular weight is 841 g/mol. The quantitative estimate of drug-likeness (QED) is 0.0992. The van der Waals surface area contributed by atoms with E-state index in [1.807, 2.05) is 38.1 Å². The summed E-state index contributed by atoms with van der Waals surface area (Å²) in [5, 5.41) is 63.3. The molecule has 1 saturated carbocycles. The van der Waals surface area contributed by atoms with E-state index in [1.165, 1.54) is 36.4 Å². The molecular weight excluding hydrogens is 807 g/mol. The SMILES string of the molecule is Cc1cc(C2(c3ccc(N=Nc4c(S(=O)(=O)O)cc5ccc(O)cc5c4[O-])c(C)c3)CCCCC2)ccc1N=Nc1c(S(=O)(=O)O)cc2ccc(O)cc2c1[O-].[Na+].[Na+]. The van der Waals surface area contributed by atoms with Crippen LogP contribution in [0.2, 0.25) is 0 Å². The summed E-state index contributed by atoms with van der Waals surface area (Å²) in [4.78, 5) is -1.41. The van der Waals surface area contributed by atoms with Crippen LogP contribution in [0, 0.1) is 13.8 Å². The van der Waals surface area contributed by atoms with Gasteiger partial charge < -0.3 is 20.4 Å². The number of rotatable bonds is 8. The van der Waals surface area contributed by atoms with Gasteiger partial charge in [-0.15, -0.1) is 10.2 Å². The van der Waals surface area contributed by atoms with Gasteiger partial charge in [0.2, 0.25) is 0 Å². The first-order valence-electron chi connectivity index (χ1n) is 17.4. The van der Waals surface area contributed by atoms with Crippen molar-refractivity contribution in [3.63, 3.8) is 0 Å². The molecule has 0 atom stereocenters. The largest absolute Gasteiger partial charge is 1.00 e. The van der Waals surface area contributed by atoms with Gasteiger partial charge in [0.25, 0.3) is 20.2 Å². The molecule has 288 valence electrons. The van der Waals surface area contributed by atoms with Crippen LogP contribution in [0.3, 0.4) is 0 Å². The Labute approximate surface area is 378 Å². The molecule has 0 amide bonds. The number of aromatic hydroxyl groups is 2. The number of azo groups is 2. The summed E-state index contributed by atoms with van der Waals surface area (Å²) in [5.74, 6) is -2.06. The van der Waals surface area contributed by atoms with E-state index in [0.29, 0.717) is 22.5 Å². The molecule has 58 heavy (non-hydrogen) atoms. The van der Waals surface area contributed by atoms with E-state index in [2.05, 4.69) is 20.5 Å². The van der Waals surface area contributed by atoms with Gasteiger partial charge in [-0.3, -0.25) is 9.11 Å². The molecule has 0 saturated heterocycles. The van der Waals surface area contributed by atoms with Crippen molar-refractivity contribution >= 4 is 64.5 Å². The van der Waals surface area contributed by atoms with Gasteiger partial charge in [-0.25, -0.2) is 0 Å². The number of nitrogens with zero attached hydrogens (tertiary/aromatic N) is 4. The first kappa shape index (κ1) is 45.1. The molecule has 0 aromatic heterocycles. The Bertz CT molecular complexity index is 2690. The summed E-state index contributed by atoms with van der Waals surface area (Å²) < 4.78 is 68.8. The van der Waals surface area contributed by atoms with Crippen molar-refractivity contribution in [1.29, 1.82) is 0 Å². The van der Waals surface area contributed by atoms with Gasteiger partial charge in [0.05, 0.1) is 22.7 Å². The Kier molecular flexibility index (Phi) is 13.5. The molecule has 0 spiro atoms. The molecule has 14 nitrogen and oxygen atoms in total. The molecule has 0 unspecified atom stereocenters. The Balaban J connectivity index is 0.00000320. The number of benzene rings is 6. The first-order valence-corrected chi connectivity index (χ1v) is 20.3. The molecule has 0 aliphatic heterocycles. The van der Waals surface area contributed by atoms with Crippen molar-refractivity contribution < 1.29 is 105 Å². The monoisotopic (exact) mass is 840 g/mol. The van der Waals surface area contributed by atoms with E-state index in [0.717, 1.165) is 55.4 Å². The Hall–Kier alpha value is -3.94. The van der Waals surface area contributed by atoms with Crippen molar-refractivity contribution in [3.8, 4) is 23.0 Å². The smallest absolute Gasteiger partial charge is 0.871 e. The topological polar surface area (TPSA) is 245 Å². The van der Waals surface area contributed by atoms with Crippen LogP contribution in [0.4, 0.5) is 22.7 Å². The molecule has 6 aromatic rings. The summed E-state index contributed by atoms with van der Waals surface area (Å²) in [6, 6.07) is 21.1. The summed E-state index contributed by atoms with van der Waals surface area (Å²) >= 11 is 0. The van der Waals surface area contributed by atoms with Crippen molar-refractivity contribution in [2.45, 2.75) is 61.2 Å². The fourth-order valence-electron chi connectivity index (χ4n) is 7.45. The van der Waals surface area contributed by atoms with Crippen LogP contribution in [0.25, 0.3) is 21.5 Å². The molecule has 7 rings (SSSR count). The first-order chi connectivity index (χ1) is 26.5. The van der Waals surface area contributed by atoms with E-state index in [-0.39, 0.29) is 92.2 Å². The zero-order chi connectivity index (χ0) is 40.2. The summed E-state index contributed by atoms with van der Waals surface area (Å²) in [7, 11) is -9.72. The zero-order valence-electron chi connectivity index (χ0n) is 32.0. The van der Waals surface area contributed by atoms with Crippen molar-refractivity contribution in [3.05, 3.63) is 107 Å². The Morgan fingerprint density at radius 1 is 0.552 bits per heavy atom. The van der Waals surface area contributed by atoms with Crippen LogP contribution < -0.4 is 69.3 Å². The number of phenols is 2. The molecule has 1 aliphatic rings. The van der Waals surface area contributed by atoms with E-state index in [4.69, 9.17) is 0 Å². The van der Waals surface area contributed by atoms with Gasteiger partial charge in [0.15, 0.2) is 0 Å². The van der Waals surface area contributed by atoms with Crippen LogP contribution in [-0.4, -0.2) is 36.2 Å². The maximum atomic E-state index is 13.3. The Morgan fingerprint density at radius 2 is 0.948 bits per heavy atom. The molecular formula is C40H34N4Na2O10S2. The minimum atomic E-state index is -4.86. The molecule has 0 bridgehead atoms. The second kappa shape index (κ2) is 17.3. The molecule has 1 aliphatic carbocycles. The second-order valence-corrected chi connectivity index (χ2v) is 16.7. The van der Waals surface area contributed by atoms with Gasteiger partial charge in [-0.2, -0.15) is 27.1 Å². The van der Waals surface area contributed by atoms with Gasteiger partial charge in [0, 0.05) is 5.41 Å². The second-order valence-electron chi connectivity index (χ2n) is 13.9. The standard InChI is InChI=1S/C40H36N4O10S2.2Na/c1-22-16-26(8-12-32(22)41-43-36-34(55(49,50)51)18-24-6-10-28(45)20-30(24)38(36)47)40(14-4-3-5-15-40)27-9-13-33(23(2)17-27)42-44-37-35(56(52,53)54)19-25-7-11-29(46)21-31(25)39(37)48;;/h6-13,16-21,45-48H,3-5,14-15H2,1-2H3,(H,49,50,51)(H,52,53,54);;/q;2*+1/p-2. The fraction of sp³-hybridized carbons (Fsp3) is 0.200. The third-order valence-electron chi connectivity index (χ3n) is 10.3. The third-order valence-corrected chi connectivity index (χ3v) is 12.0. The third kappa shape index (κ3) is 8.82. The van der Waals surface area contributed by atoms with Crippen molar-refractivity contribution in [2.24, 2.45) is 20.5 Å². The number of aryl methyl sites for hydroxylation is 2. The van der Waals surface area contributed by atoms with E-state index >= 15 is 0 Å². The van der Waals surface area contributed by atoms with Gasteiger partial charge >= 0.3 is 59.1 Å². The minimum Gasteiger partial charge on any atom is -0.871 e. The van der Waals surface area contributed by atoms with Crippen LogP contribution in [-0.2, 0) is 25.7 Å². The maximum Gasteiger partial charge on any atom is 1.00 e. The number of hydrogen-bond acceptors (Lipinski definition) is 12. The number of hydrogen-bond donors (Lipinski definition) is 4. The van der Waals surface area contributed by atoms with E-state index in [1.54, 1.807) is 12.1 Å². The summed E-state index contributed by atoms with van der Waals surface area (Å²) in [5.41, 5.74) is 2.44. The molecule has 1 fully saturated rings. The zero-order valence-corrected chi connectivity index (χ0v) is 37.6. The average Bonchev–Trinajstić information content (AvgIpc) is 3.14. The van der Waals surface area contributed by atoms with Crippen molar-refractivity contribution in [2.75, 3.05) is 0 Å². The molecule has 4 N–H and O–H groups in total. The van der Waals surface area contributed by atoms with Gasteiger partial charge in [-0.1, -0.05) is 67.2 Å². The maximum absolute atomic E-state index is 13.3. The van der Waals surface area contributed by atoms with Crippen LogP contribution in [0.1, 0.15) is 54.4 Å². The predicted molar refractivity (Wildman–Crippen MR) is 204 cm³/mol. The van der Waals surface area contributed by atoms with Crippen molar-refractivity contribution in [1.82, 2.24) is 0 Å². The van der Waals surface area contributed by atoms with Crippen LogP contribution in [0.5, 0.6) is 23.0 Å². The molecule has 0 radical (unpaired) electrons. The van der Waals surface area contributed by atoms with Gasteiger partial charge in [0.1, 0.15) is 21.3 Å². The fourth-order valence-corrected chi connectivity index (χ4v) is 8.76. The Morgan fingerprint density at radius 3 is 1.31 bits per heavy atom. The number of phenolic OH excluding ortho intramolecular Hbond substituents is 2. The van der Waals surface area contributed by atoms with E-state index in [9.17, 15) is 46.4 Å². The normalized spacial score (nSPS) is 14.5. The summed E-state index contributed by atoms with van der Waals surface area (Å²) in [6.07, 6.45) is 4.58. The molecule has 18 heteroatoms. The summed E-state index contributed by atoms with van der Waals surface area (Å²) in [6.45, 7) is 3.62. The van der Waals surface area contributed by atoms with Crippen LogP contribution in [0.15, 0.2) is 115 Å². The molecule has 0 heterocycles. The number of fused-ring (bicyclic) bond motifs is 2. The van der Waals surface area contributed by atoms with E-state index < -0.39 is 58.3 Å². The van der Waals surface area contributed by atoms with Crippen LogP contribution >= 0.6 is 0 Å².